The highest BCUT2D eigenvalue weighted by Crippen LogP contribution is 2.26. The van der Waals surface area contributed by atoms with Crippen LogP contribution in [0.5, 0.6) is 0 Å². The molecular formula is C20H21FN4OS. The minimum Gasteiger partial charge on any atom is -0.349 e. The normalized spacial score (nSPS) is 12.2. The van der Waals surface area contributed by atoms with E-state index < -0.39 is 0 Å². The summed E-state index contributed by atoms with van der Waals surface area (Å²) < 4.78 is 13.6. The number of halogens is 1. The molecule has 3 aromatic rings. The number of carbonyl (C=O) groups excluding carboxylic acids is 1. The molecule has 27 heavy (non-hydrogen) atoms. The quantitative estimate of drug-likeness (QED) is 0.704. The van der Waals surface area contributed by atoms with Crippen LogP contribution in [0, 0.1) is 12.7 Å². The fraction of sp³-hybridized carbons (Fsp3) is 0.250. The number of nitrogens with zero attached hydrogens (tertiary/aromatic N) is 3. The van der Waals surface area contributed by atoms with Crippen LogP contribution in [0.4, 0.5) is 4.39 Å². The van der Waals surface area contributed by atoms with Gasteiger partial charge in [0, 0.05) is 12.7 Å². The van der Waals surface area contributed by atoms with Gasteiger partial charge in [0.2, 0.25) is 0 Å². The number of rotatable bonds is 6. The third-order valence-electron chi connectivity index (χ3n) is 4.20. The molecule has 0 radical (unpaired) electrons. The molecule has 1 aromatic carbocycles. The molecular weight excluding hydrogens is 363 g/mol. The minimum absolute atomic E-state index is 0.131. The van der Waals surface area contributed by atoms with Crippen molar-refractivity contribution < 1.29 is 9.18 Å². The lowest BCUT2D eigenvalue weighted by atomic mass is 10.1. The van der Waals surface area contributed by atoms with E-state index in [1.807, 2.05) is 50.2 Å². The molecule has 0 saturated carbocycles. The summed E-state index contributed by atoms with van der Waals surface area (Å²) in [4.78, 5) is 23.9. The Morgan fingerprint density at radius 3 is 2.74 bits per heavy atom. The Labute approximate surface area is 161 Å². The molecule has 140 valence electrons. The Morgan fingerprint density at radius 2 is 2.07 bits per heavy atom. The van der Waals surface area contributed by atoms with Gasteiger partial charge in [-0.2, -0.15) is 0 Å². The minimum atomic E-state index is -0.288. The third-order valence-corrected chi connectivity index (χ3v) is 5.38. The molecule has 0 aliphatic heterocycles. The fourth-order valence-electron chi connectivity index (χ4n) is 2.79. The van der Waals surface area contributed by atoms with Crippen LogP contribution in [0.1, 0.15) is 27.0 Å². The number of hydrogen-bond donors (Lipinski definition) is 1. The summed E-state index contributed by atoms with van der Waals surface area (Å²) in [5.41, 5.74) is 2.23. The lowest BCUT2D eigenvalue weighted by Gasteiger charge is -2.25. The Kier molecular flexibility index (Phi) is 5.93. The molecule has 1 amide bonds. The zero-order chi connectivity index (χ0) is 19.4. The van der Waals surface area contributed by atoms with E-state index in [2.05, 4.69) is 15.3 Å². The first-order valence-corrected chi connectivity index (χ1v) is 9.36. The number of aromatic nitrogens is 2. The number of aryl methyl sites for hydroxylation is 1. The number of carbonyl (C=O) groups is 1. The van der Waals surface area contributed by atoms with Gasteiger partial charge < -0.3 is 10.2 Å². The van der Waals surface area contributed by atoms with Crippen molar-refractivity contribution in [2.75, 3.05) is 20.6 Å². The first-order chi connectivity index (χ1) is 13.0. The zero-order valence-corrected chi connectivity index (χ0v) is 16.3. The van der Waals surface area contributed by atoms with Crippen LogP contribution in [0.2, 0.25) is 0 Å². The van der Waals surface area contributed by atoms with Gasteiger partial charge in [-0.3, -0.25) is 9.78 Å². The summed E-state index contributed by atoms with van der Waals surface area (Å²) in [5, 5.41) is 3.67. The lowest BCUT2D eigenvalue weighted by molar-refractivity contribution is 0.0945. The predicted molar refractivity (Wildman–Crippen MR) is 105 cm³/mol. The smallest absolute Gasteiger partial charge is 0.263 e. The molecule has 2 aromatic heterocycles. The van der Waals surface area contributed by atoms with Gasteiger partial charge in [0.15, 0.2) is 0 Å². The van der Waals surface area contributed by atoms with Crippen LogP contribution in [-0.2, 0) is 0 Å². The first kappa shape index (κ1) is 19.1. The second-order valence-electron chi connectivity index (χ2n) is 6.39. The first-order valence-electron chi connectivity index (χ1n) is 8.54. The van der Waals surface area contributed by atoms with Gasteiger partial charge in [-0.05, 0) is 50.8 Å². The third kappa shape index (κ3) is 4.56. The van der Waals surface area contributed by atoms with Crippen LogP contribution in [0.3, 0.4) is 0 Å². The standard InChI is InChI=1S/C20H21FN4OS/c1-13-18(27-20(24-13)16-9-4-5-10-22-16)19(26)23-12-17(25(2)3)14-7-6-8-15(21)11-14/h4-11,17H,12H2,1-3H3,(H,23,26). The zero-order valence-electron chi connectivity index (χ0n) is 15.4. The summed E-state index contributed by atoms with van der Waals surface area (Å²) in [7, 11) is 3.80. The van der Waals surface area contributed by atoms with Crippen molar-refractivity contribution in [3.8, 4) is 10.7 Å². The van der Waals surface area contributed by atoms with E-state index in [9.17, 15) is 9.18 Å². The Bertz CT molecular complexity index is 927. The number of hydrogen-bond acceptors (Lipinski definition) is 5. The van der Waals surface area contributed by atoms with Gasteiger partial charge in [0.1, 0.15) is 15.7 Å². The largest absolute Gasteiger partial charge is 0.349 e. The van der Waals surface area contributed by atoms with Gasteiger partial charge in [-0.15, -0.1) is 11.3 Å². The lowest BCUT2D eigenvalue weighted by Crippen LogP contribution is -2.34. The maximum absolute atomic E-state index is 13.6. The average Bonchev–Trinajstić information content (AvgIpc) is 3.04. The van der Waals surface area contributed by atoms with Gasteiger partial charge in [0.05, 0.1) is 17.4 Å². The average molecular weight is 384 g/mol. The molecule has 0 spiro atoms. The van der Waals surface area contributed by atoms with Crippen molar-refractivity contribution in [3.63, 3.8) is 0 Å². The van der Waals surface area contributed by atoms with E-state index in [0.29, 0.717) is 22.1 Å². The maximum Gasteiger partial charge on any atom is 0.263 e. The second kappa shape index (κ2) is 8.37. The van der Waals surface area contributed by atoms with E-state index in [4.69, 9.17) is 0 Å². The SMILES string of the molecule is Cc1nc(-c2ccccn2)sc1C(=O)NCC(c1cccc(F)c1)N(C)C. The highest BCUT2D eigenvalue weighted by molar-refractivity contribution is 7.17. The molecule has 1 N–H and O–H groups in total. The number of amides is 1. The van der Waals surface area contributed by atoms with Crippen molar-refractivity contribution in [2.24, 2.45) is 0 Å². The Balaban J connectivity index is 1.74. The van der Waals surface area contributed by atoms with Gasteiger partial charge in [0.25, 0.3) is 5.91 Å². The number of pyridine rings is 1. The predicted octanol–water partition coefficient (Wildman–Crippen LogP) is 3.69. The molecule has 0 saturated heterocycles. The van der Waals surface area contributed by atoms with Gasteiger partial charge >= 0.3 is 0 Å². The monoisotopic (exact) mass is 384 g/mol. The number of thiazole rings is 1. The van der Waals surface area contributed by atoms with Crippen LogP contribution in [-0.4, -0.2) is 41.4 Å². The molecule has 1 atom stereocenters. The van der Waals surface area contributed by atoms with Crippen molar-refractivity contribution >= 4 is 17.2 Å². The van der Waals surface area contributed by atoms with E-state index in [0.717, 1.165) is 11.3 Å². The Morgan fingerprint density at radius 1 is 1.26 bits per heavy atom. The fourth-order valence-corrected chi connectivity index (χ4v) is 3.75. The van der Waals surface area contributed by atoms with E-state index in [-0.39, 0.29) is 17.8 Å². The summed E-state index contributed by atoms with van der Waals surface area (Å²) in [6.45, 7) is 2.18. The van der Waals surface area contributed by atoms with Crippen LogP contribution in [0.15, 0.2) is 48.7 Å². The summed E-state index contributed by atoms with van der Waals surface area (Å²) in [6.07, 6.45) is 1.70. The molecule has 0 fully saturated rings. The van der Waals surface area contributed by atoms with Crippen LogP contribution >= 0.6 is 11.3 Å². The van der Waals surface area contributed by atoms with E-state index in [1.165, 1.54) is 23.5 Å². The summed E-state index contributed by atoms with van der Waals surface area (Å²) in [5.74, 6) is -0.473. The summed E-state index contributed by atoms with van der Waals surface area (Å²) >= 11 is 1.32. The highest BCUT2D eigenvalue weighted by atomic mass is 32.1. The van der Waals surface area contributed by atoms with Gasteiger partial charge in [-0.25, -0.2) is 9.37 Å². The molecule has 0 bridgehead atoms. The van der Waals surface area contributed by atoms with Crippen molar-refractivity contribution in [1.29, 1.82) is 0 Å². The molecule has 5 nitrogen and oxygen atoms in total. The molecule has 0 aliphatic carbocycles. The van der Waals surface area contributed by atoms with Crippen LogP contribution in [0.25, 0.3) is 10.7 Å². The number of likely N-dealkylation sites (N-methyl/N-ethyl adjacent to an activating group) is 1. The highest BCUT2D eigenvalue weighted by Gasteiger charge is 2.20. The molecule has 2 heterocycles. The summed E-state index contributed by atoms with van der Waals surface area (Å²) in [6, 6.07) is 11.9. The van der Waals surface area contributed by atoms with Crippen LogP contribution < -0.4 is 5.32 Å². The Hall–Kier alpha value is -2.64. The van der Waals surface area contributed by atoms with Crippen molar-refractivity contribution in [1.82, 2.24) is 20.2 Å². The molecule has 0 aliphatic rings. The molecule has 7 heteroatoms. The topological polar surface area (TPSA) is 58.1 Å². The number of benzene rings is 1. The number of nitrogens with one attached hydrogen (secondary N) is 1. The second-order valence-corrected chi connectivity index (χ2v) is 7.39. The van der Waals surface area contributed by atoms with Crippen molar-refractivity contribution in [2.45, 2.75) is 13.0 Å². The van der Waals surface area contributed by atoms with E-state index >= 15 is 0 Å². The van der Waals surface area contributed by atoms with E-state index in [1.54, 1.807) is 12.3 Å². The maximum atomic E-state index is 13.6. The molecule has 3 rings (SSSR count). The van der Waals surface area contributed by atoms with Crippen molar-refractivity contribution in [3.05, 3.63) is 70.6 Å². The molecule has 1 unspecified atom stereocenters. The van der Waals surface area contributed by atoms with Gasteiger partial charge in [-0.1, -0.05) is 18.2 Å².